The number of aromatic nitrogens is 4. The Morgan fingerprint density at radius 1 is 1.04 bits per heavy atom. The summed E-state index contributed by atoms with van der Waals surface area (Å²) >= 11 is 7.61. The van der Waals surface area contributed by atoms with E-state index in [0.29, 0.717) is 5.02 Å². The van der Waals surface area contributed by atoms with Gasteiger partial charge in [0, 0.05) is 10.8 Å². The lowest BCUT2D eigenvalue weighted by Gasteiger charge is -2.22. The van der Waals surface area contributed by atoms with Crippen LogP contribution < -0.4 is 0 Å². The lowest BCUT2D eigenvalue weighted by Crippen LogP contribution is -2.12. The summed E-state index contributed by atoms with van der Waals surface area (Å²) in [6.45, 7) is 11.1. The van der Waals surface area contributed by atoms with Gasteiger partial charge in [-0.25, -0.2) is 0 Å². The molecule has 0 aliphatic carbocycles. The maximum atomic E-state index is 5.97. The summed E-state index contributed by atoms with van der Waals surface area (Å²) in [6, 6.07) is 12.1. The number of rotatable bonds is 4. The fourth-order valence-electron chi connectivity index (χ4n) is 2.80. The van der Waals surface area contributed by atoms with Gasteiger partial charge in [0.05, 0.1) is 5.69 Å². The Morgan fingerprint density at radius 2 is 1.65 bits per heavy atom. The van der Waals surface area contributed by atoms with Crippen LogP contribution in [0.3, 0.4) is 0 Å². The standard InChI is InChI=1S/C20H23ClN4S/c1-13-10-15(20(3,4)5)11-14(2)18(13)12-26-19-22-23-24-25(19)17-8-6-16(21)7-9-17/h6-11H,12H2,1-5H3. The number of thioether (sulfide) groups is 1. The summed E-state index contributed by atoms with van der Waals surface area (Å²) in [5.74, 6) is 0.829. The molecule has 0 radical (unpaired) electrons. The molecule has 0 atom stereocenters. The molecular weight excluding hydrogens is 364 g/mol. The lowest BCUT2D eigenvalue weighted by molar-refractivity contribution is 0.589. The molecule has 0 N–H and O–H groups in total. The molecule has 136 valence electrons. The Hall–Kier alpha value is -1.85. The highest BCUT2D eigenvalue weighted by Gasteiger charge is 2.17. The number of benzene rings is 2. The van der Waals surface area contributed by atoms with Gasteiger partial charge in [0.2, 0.25) is 5.16 Å². The monoisotopic (exact) mass is 386 g/mol. The van der Waals surface area contributed by atoms with Gasteiger partial charge in [0.1, 0.15) is 0 Å². The fourth-order valence-corrected chi connectivity index (χ4v) is 4.02. The van der Waals surface area contributed by atoms with E-state index in [1.54, 1.807) is 16.4 Å². The van der Waals surface area contributed by atoms with Crippen molar-refractivity contribution in [3.8, 4) is 5.69 Å². The van der Waals surface area contributed by atoms with E-state index < -0.39 is 0 Å². The second kappa shape index (κ2) is 7.41. The molecule has 0 saturated heterocycles. The molecule has 0 spiro atoms. The molecular formula is C20H23ClN4S. The van der Waals surface area contributed by atoms with Crippen molar-refractivity contribution in [2.45, 2.75) is 50.9 Å². The number of hydrogen-bond acceptors (Lipinski definition) is 4. The first-order chi connectivity index (χ1) is 12.3. The van der Waals surface area contributed by atoms with Crippen molar-refractivity contribution in [3.63, 3.8) is 0 Å². The van der Waals surface area contributed by atoms with Crippen molar-refractivity contribution in [1.29, 1.82) is 0 Å². The highest BCUT2D eigenvalue weighted by Crippen LogP contribution is 2.30. The van der Waals surface area contributed by atoms with Gasteiger partial charge in [-0.15, -0.1) is 5.10 Å². The van der Waals surface area contributed by atoms with Crippen LogP contribution in [-0.4, -0.2) is 20.2 Å². The molecule has 0 fully saturated rings. The van der Waals surface area contributed by atoms with Crippen molar-refractivity contribution in [3.05, 3.63) is 63.7 Å². The maximum absolute atomic E-state index is 5.97. The maximum Gasteiger partial charge on any atom is 0.214 e. The highest BCUT2D eigenvalue weighted by molar-refractivity contribution is 7.98. The average Bonchev–Trinajstić information content (AvgIpc) is 3.02. The van der Waals surface area contributed by atoms with E-state index in [9.17, 15) is 0 Å². The topological polar surface area (TPSA) is 43.6 Å². The van der Waals surface area contributed by atoms with Crippen LogP contribution in [-0.2, 0) is 11.2 Å². The summed E-state index contributed by atoms with van der Waals surface area (Å²) in [6.07, 6.45) is 0. The summed E-state index contributed by atoms with van der Waals surface area (Å²) in [5.41, 5.74) is 6.39. The zero-order chi connectivity index (χ0) is 18.9. The predicted octanol–water partition coefficient (Wildman–Crippen LogP) is 5.52. The van der Waals surface area contributed by atoms with E-state index >= 15 is 0 Å². The Bertz CT molecular complexity index is 887. The third-order valence-electron chi connectivity index (χ3n) is 4.42. The predicted molar refractivity (Wildman–Crippen MR) is 108 cm³/mol. The Morgan fingerprint density at radius 3 is 2.23 bits per heavy atom. The number of halogens is 1. The smallest absolute Gasteiger partial charge is 0.187 e. The van der Waals surface area contributed by atoms with Crippen LogP contribution in [0.15, 0.2) is 41.6 Å². The van der Waals surface area contributed by atoms with E-state index in [4.69, 9.17) is 11.6 Å². The van der Waals surface area contributed by atoms with Crippen LogP contribution in [0.25, 0.3) is 5.69 Å². The third-order valence-corrected chi connectivity index (χ3v) is 5.62. The summed E-state index contributed by atoms with van der Waals surface area (Å²) in [4.78, 5) is 0. The first-order valence-corrected chi connectivity index (χ1v) is 9.90. The first kappa shape index (κ1) is 18.9. The molecule has 2 aromatic carbocycles. The molecule has 0 saturated carbocycles. The molecule has 0 amide bonds. The normalized spacial score (nSPS) is 11.8. The van der Waals surface area contributed by atoms with Crippen LogP contribution >= 0.6 is 23.4 Å². The fraction of sp³-hybridized carbons (Fsp3) is 0.350. The van der Waals surface area contributed by atoms with E-state index in [2.05, 4.69) is 62.3 Å². The molecule has 0 unspecified atom stereocenters. The molecule has 4 nitrogen and oxygen atoms in total. The minimum absolute atomic E-state index is 0.153. The van der Waals surface area contributed by atoms with E-state index in [-0.39, 0.29) is 5.41 Å². The minimum Gasteiger partial charge on any atom is -0.187 e. The van der Waals surface area contributed by atoms with Crippen molar-refractivity contribution in [2.75, 3.05) is 0 Å². The van der Waals surface area contributed by atoms with Crippen LogP contribution in [0.4, 0.5) is 0 Å². The Kier molecular flexibility index (Phi) is 5.39. The second-order valence-corrected chi connectivity index (χ2v) is 8.86. The van der Waals surface area contributed by atoms with Crippen LogP contribution in [0.2, 0.25) is 5.02 Å². The van der Waals surface area contributed by atoms with Gasteiger partial charge in [-0.05, 0) is 76.2 Å². The van der Waals surface area contributed by atoms with Gasteiger partial charge in [-0.2, -0.15) is 4.68 Å². The van der Waals surface area contributed by atoms with E-state index in [1.165, 1.54) is 22.3 Å². The van der Waals surface area contributed by atoms with E-state index in [1.807, 2.05) is 24.3 Å². The Balaban J connectivity index is 1.83. The van der Waals surface area contributed by atoms with Gasteiger partial charge in [0.15, 0.2) is 0 Å². The number of nitrogens with zero attached hydrogens (tertiary/aromatic N) is 4. The zero-order valence-electron chi connectivity index (χ0n) is 15.7. The summed E-state index contributed by atoms with van der Waals surface area (Å²) in [7, 11) is 0. The SMILES string of the molecule is Cc1cc(C(C)(C)C)cc(C)c1CSc1nnnn1-c1ccc(Cl)cc1. The van der Waals surface area contributed by atoms with Crippen molar-refractivity contribution in [1.82, 2.24) is 20.2 Å². The molecule has 3 rings (SSSR count). The molecule has 1 heterocycles. The number of hydrogen-bond donors (Lipinski definition) is 0. The molecule has 1 aromatic heterocycles. The Labute approximate surface area is 164 Å². The average molecular weight is 387 g/mol. The summed E-state index contributed by atoms with van der Waals surface area (Å²) < 4.78 is 1.75. The van der Waals surface area contributed by atoms with Gasteiger partial charge < -0.3 is 0 Å². The first-order valence-electron chi connectivity index (χ1n) is 8.53. The number of aryl methyl sites for hydroxylation is 2. The largest absolute Gasteiger partial charge is 0.214 e. The molecule has 0 aliphatic heterocycles. The third kappa shape index (κ3) is 4.10. The van der Waals surface area contributed by atoms with Crippen LogP contribution in [0.5, 0.6) is 0 Å². The molecule has 3 aromatic rings. The van der Waals surface area contributed by atoms with Crippen LogP contribution in [0.1, 0.15) is 43.0 Å². The van der Waals surface area contributed by atoms with Gasteiger partial charge in [0.25, 0.3) is 0 Å². The van der Waals surface area contributed by atoms with Crippen molar-refractivity contribution in [2.24, 2.45) is 0 Å². The molecule has 26 heavy (non-hydrogen) atoms. The number of tetrazole rings is 1. The van der Waals surface area contributed by atoms with Crippen LogP contribution in [0, 0.1) is 13.8 Å². The molecule has 0 aliphatic rings. The summed E-state index contributed by atoms with van der Waals surface area (Å²) in [5, 5.41) is 13.6. The lowest BCUT2D eigenvalue weighted by atomic mass is 9.84. The van der Waals surface area contributed by atoms with Crippen molar-refractivity contribution >= 4 is 23.4 Å². The van der Waals surface area contributed by atoms with E-state index in [0.717, 1.165) is 16.6 Å². The molecule has 6 heteroatoms. The quantitative estimate of drug-likeness (QED) is 0.553. The second-order valence-electron chi connectivity index (χ2n) is 7.48. The van der Waals surface area contributed by atoms with Crippen molar-refractivity contribution < 1.29 is 0 Å². The minimum atomic E-state index is 0.153. The zero-order valence-corrected chi connectivity index (χ0v) is 17.3. The van der Waals surface area contributed by atoms with Gasteiger partial charge in [-0.1, -0.05) is 56.3 Å². The van der Waals surface area contributed by atoms with Gasteiger partial charge >= 0.3 is 0 Å². The highest BCUT2D eigenvalue weighted by atomic mass is 35.5. The molecule has 0 bridgehead atoms. The van der Waals surface area contributed by atoms with Gasteiger partial charge in [-0.3, -0.25) is 0 Å².